The first-order valence-electron chi connectivity index (χ1n) is 8.51. The number of barbiturate groups is 1. The molecule has 1 heterocycles. The minimum Gasteiger partial charge on any atom is -0.492 e. The first-order chi connectivity index (χ1) is 12.5. The van der Waals surface area contributed by atoms with Crippen LogP contribution in [0.2, 0.25) is 0 Å². The molecule has 4 amide bonds. The van der Waals surface area contributed by atoms with Crippen LogP contribution in [0.4, 0.5) is 10.5 Å². The number of hydrogen-bond acceptors (Lipinski definition) is 6. The van der Waals surface area contributed by atoms with E-state index in [9.17, 15) is 14.4 Å². The molecular formula is C18H24N4O4. The van der Waals surface area contributed by atoms with Gasteiger partial charge >= 0.3 is 6.03 Å². The molecule has 140 valence electrons. The summed E-state index contributed by atoms with van der Waals surface area (Å²) < 4.78 is 5.49. The number of carbonyl (C=O) groups excluding carboxylic acids is 3. The minimum absolute atomic E-state index is 0.301. The Hall–Kier alpha value is -2.74. The van der Waals surface area contributed by atoms with Crippen molar-refractivity contribution in [1.82, 2.24) is 10.2 Å². The summed E-state index contributed by atoms with van der Waals surface area (Å²) in [5.74, 6) is -2.04. The van der Waals surface area contributed by atoms with Gasteiger partial charge in [-0.05, 0) is 46.1 Å². The lowest BCUT2D eigenvalue weighted by atomic mass is 10.1. The Kier molecular flexibility index (Phi) is 6.85. The molecule has 1 aromatic carbocycles. The number of aliphatic imine (C=N–C) groups is 1. The molecule has 0 unspecified atom stereocenters. The molecule has 0 aromatic heterocycles. The van der Waals surface area contributed by atoms with E-state index < -0.39 is 23.8 Å². The summed E-state index contributed by atoms with van der Waals surface area (Å²) in [5.41, 5.74) is 0.301. The fraction of sp³-hybridized carbons (Fsp3) is 0.444. The zero-order valence-corrected chi connectivity index (χ0v) is 15.3. The number of nitrogens with zero attached hydrogens (tertiary/aromatic N) is 3. The monoisotopic (exact) mass is 360 g/mol. The van der Waals surface area contributed by atoms with Crippen molar-refractivity contribution in [2.45, 2.75) is 13.3 Å². The molecule has 1 N–H and O–H groups in total. The Morgan fingerprint density at radius 1 is 1.27 bits per heavy atom. The van der Waals surface area contributed by atoms with Gasteiger partial charge in [-0.2, -0.15) is 0 Å². The highest BCUT2D eigenvalue weighted by Crippen LogP contribution is 2.30. The Bertz CT molecular complexity index is 702. The molecule has 1 saturated heterocycles. The summed E-state index contributed by atoms with van der Waals surface area (Å²) in [6, 6.07) is 5.92. The van der Waals surface area contributed by atoms with Gasteiger partial charge in [0.25, 0.3) is 5.91 Å². The molecule has 0 aliphatic carbocycles. The molecule has 1 fully saturated rings. The van der Waals surface area contributed by atoms with Crippen LogP contribution in [-0.2, 0) is 9.59 Å². The third kappa shape index (κ3) is 4.66. The summed E-state index contributed by atoms with van der Waals surface area (Å²) in [7, 11) is 3.92. The molecule has 2 rings (SSSR count). The fourth-order valence-corrected chi connectivity index (χ4v) is 2.53. The van der Waals surface area contributed by atoms with Crippen LogP contribution in [-0.4, -0.2) is 62.8 Å². The molecule has 1 aliphatic rings. The molecule has 0 bridgehead atoms. The largest absolute Gasteiger partial charge is 0.492 e. The summed E-state index contributed by atoms with van der Waals surface area (Å²) in [5, 5.41) is 2.21. The molecule has 0 spiro atoms. The second-order valence-corrected chi connectivity index (χ2v) is 6.06. The lowest BCUT2D eigenvalue weighted by Gasteiger charge is -2.29. The van der Waals surface area contributed by atoms with E-state index in [1.165, 1.54) is 6.21 Å². The van der Waals surface area contributed by atoms with Gasteiger partial charge in [-0.15, -0.1) is 0 Å². The predicted molar refractivity (Wildman–Crippen MR) is 98.7 cm³/mol. The number of carbonyl (C=O) groups is 3. The number of hydrogen-bond donors (Lipinski definition) is 1. The number of nitrogens with one attached hydrogen (secondary N) is 1. The van der Waals surface area contributed by atoms with Gasteiger partial charge in [-0.1, -0.05) is 12.1 Å². The first-order valence-corrected chi connectivity index (χ1v) is 8.51. The highest BCUT2D eigenvalue weighted by atomic mass is 16.5. The van der Waals surface area contributed by atoms with E-state index in [-0.39, 0.29) is 0 Å². The van der Waals surface area contributed by atoms with Crippen LogP contribution in [0, 0.1) is 5.92 Å². The highest BCUT2D eigenvalue weighted by molar-refractivity contribution is 6.32. The van der Waals surface area contributed by atoms with Gasteiger partial charge < -0.3 is 9.64 Å². The van der Waals surface area contributed by atoms with Gasteiger partial charge in [0.1, 0.15) is 5.75 Å². The van der Waals surface area contributed by atoms with Crippen LogP contribution < -0.4 is 15.0 Å². The predicted octanol–water partition coefficient (Wildman–Crippen LogP) is 1.31. The number of rotatable bonds is 8. The fourth-order valence-electron chi connectivity index (χ4n) is 2.53. The summed E-state index contributed by atoms with van der Waals surface area (Å²) in [4.78, 5) is 44.2. The van der Waals surface area contributed by atoms with E-state index in [2.05, 4.69) is 10.3 Å². The van der Waals surface area contributed by atoms with Crippen molar-refractivity contribution in [2.24, 2.45) is 10.9 Å². The van der Waals surface area contributed by atoms with Gasteiger partial charge in [0.15, 0.2) is 5.92 Å². The Morgan fingerprint density at radius 3 is 2.69 bits per heavy atom. The maximum Gasteiger partial charge on any atom is 0.335 e. The zero-order valence-electron chi connectivity index (χ0n) is 15.3. The molecule has 1 atom stereocenters. The molecule has 8 nitrogen and oxygen atoms in total. The number of urea groups is 1. The Morgan fingerprint density at radius 2 is 2.00 bits per heavy atom. The summed E-state index contributed by atoms with van der Waals surface area (Å²) in [6.45, 7) is 3.55. The van der Waals surface area contributed by atoms with Gasteiger partial charge in [0.2, 0.25) is 5.91 Å². The smallest absolute Gasteiger partial charge is 0.335 e. The average Bonchev–Trinajstić information content (AvgIpc) is 2.58. The molecule has 0 radical (unpaired) electrons. The molecule has 1 aliphatic heterocycles. The molecule has 1 aromatic rings. The third-order valence-electron chi connectivity index (χ3n) is 3.76. The van der Waals surface area contributed by atoms with Crippen molar-refractivity contribution in [3.63, 3.8) is 0 Å². The normalized spacial score (nSPS) is 17.9. The van der Waals surface area contributed by atoms with Crippen molar-refractivity contribution in [2.75, 3.05) is 38.7 Å². The molecule has 0 saturated carbocycles. The van der Waals surface area contributed by atoms with Crippen molar-refractivity contribution < 1.29 is 19.1 Å². The van der Waals surface area contributed by atoms with Crippen molar-refractivity contribution >= 4 is 29.7 Å². The van der Waals surface area contributed by atoms with Crippen molar-refractivity contribution in [1.29, 1.82) is 0 Å². The number of amides is 4. The maximum atomic E-state index is 12.8. The third-order valence-corrected chi connectivity index (χ3v) is 3.76. The molecule has 8 heteroatoms. The maximum absolute atomic E-state index is 12.8. The Labute approximate surface area is 152 Å². The van der Waals surface area contributed by atoms with Gasteiger partial charge in [0, 0.05) is 12.8 Å². The van der Waals surface area contributed by atoms with E-state index in [4.69, 9.17) is 4.74 Å². The van der Waals surface area contributed by atoms with Crippen molar-refractivity contribution in [3.8, 4) is 5.75 Å². The van der Waals surface area contributed by atoms with Gasteiger partial charge in [-0.25, -0.2) is 9.69 Å². The lowest BCUT2D eigenvalue weighted by molar-refractivity contribution is -0.131. The zero-order chi connectivity index (χ0) is 19.1. The molecule has 26 heavy (non-hydrogen) atoms. The number of ether oxygens (including phenoxy) is 1. The summed E-state index contributed by atoms with van der Waals surface area (Å²) in [6.07, 6.45) is 2.12. The number of imide groups is 2. The SMILES string of the molecule is CCOc1ccccc1N1C(=O)NC(=O)[C@H](C=NCCCN(C)C)C1=O. The van der Waals surface area contributed by atoms with E-state index in [1.807, 2.05) is 25.9 Å². The van der Waals surface area contributed by atoms with Crippen LogP contribution in [0.15, 0.2) is 29.3 Å². The van der Waals surface area contributed by atoms with E-state index >= 15 is 0 Å². The van der Waals surface area contributed by atoms with Crippen molar-refractivity contribution in [3.05, 3.63) is 24.3 Å². The van der Waals surface area contributed by atoms with Crippen LogP contribution in [0.25, 0.3) is 0 Å². The second-order valence-electron chi connectivity index (χ2n) is 6.06. The number of anilines is 1. The minimum atomic E-state index is -1.14. The Balaban J connectivity index is 2.18. The standard InChI is InChI=1S/C18H24N4O4/c1-4-26-15-9-6-5-8-14(15)22-17(24)13(16(23)20-18(22)25)12-19-10-7-11-21(2)3/h5-6,8-9,12-13H,4,7,10-11H2,1-3H3,(H,20,23,25)/t13-/m0/s1. The highest BCUT2D eigenvalue weighted by Gasteiger charge is 2.41. The number of benzene rings is 1. The number of para-hydroxylation sites is 2. The quantitative estimate of drug-likeness (QED) is 0.429. The van der Waals surface area contributed by atoms with E-state index in [0.717, 1.165) is 17.9 Å². The first kappa shape index (κ1) is 19.6. The van der Waals surface area contributed by atoms with E-state index in [0.29, 0.717) is 24.6 Å². The van der Waals surface area contributed by atoms with Crippen LogP contribution in [0.5, 0.6) is 5.75 Å². The van der Waals surface area contributed by atoms with E-state index in [1.54, 1.807) is 24.3 Å². The molecular weight excluding hydrogens is 336 g/mol. The summed E-state index contributed by atoms with van der Waals surface area (Å²) >= 11 is 0. The van der Waals surface area contributed by atoms with Crippen LogP contribution in [0.1, 0.15) is 13.3 Å². The average molecular weight is 360 g/mol. The lowest BCUT2D eigenvalue weighted by Crippen LogP contribution is -2.58. The van der Waals surface area contributed by atoms with Gasteiger partial charge in [0.05, 0.1) is 12.3 Å². The van der Waals surface area contributed by atoms with Crippen LogP contribution >= 0.6 is 0 Å². The van der Waals surface area contributed by atoms with Gasteiger partial charge in [-0.3, -0.25) is 19.9 Å². The van der Waals surface area contributed by atoms with Crippen LogP contribution in [0.3, 0.4) is 0 Å². The second kappa shape index (κ2) is 9.10. The topological polar surface area (TPSA) is 91.3 Å².